The first kappa shape index (κ1) is 15.3. The minimum absolute atomic E-state index is 0.0167. The summed E-state index contributed by atoms with van der Waals surface area (Å²) in [6.07, 6.45) is 1.69. The molecule has 2 amide bonds. The van der Waals surface area contributed by atoms with Gasteiger partial charge in [0.05, 0.1) is 5.75 Å². The molecule has 4 N–H and O–H groups in total. The van der Waals surface area contributed by atoms with E-state index in [1.807, 2.05) is 0 Å². The summed E-state index contributed by atoms with van der Waals surface area (Å²) in [6.45, 7) is 0. The Morgan fingerprint density at radius 3 is 2.74 bits per heavy atom. The number of hydrogen-bond acceptors (Lipinski definition) is 5. The van der Waals surface area contributed by atoms with Crippen LogP contribution in [0.25, 0.3) is 0 Å². The van der Waals surface area contributed by atoms with Crippen molar-refractivity contribution in [2.45, 2.75) is 6.04 Å². The molecule has 0 spiro atoms. The van der Waals surface area contributed by atoms with Crippen molar-refractivity contribution in [1.29, 1.82) is 0 Å². The van der Waals surface area contributed by atoms with Crippen molar-refractivity contribution in [3.63, 3.8) is 0 Å². The highest BCUT2D eigenvalue weighted by Gasteiger charge is 2.15. The van der Waals surface area contributed by atoms with Gasteiger partial charge in [0.1, 0.15) is 11.7 Å². The van der Waals surface area contributed by atoms with Crippen LogP contribution >= 0.6 is 11.8 Å². The van der Waals surface area contributed by atoms with Gasteiger partial charge in [-0.25, -0.2) is 0 Å². The summed E-state index contributed by atoms with van der Waals surface area (Å²) in [6, 6.07) is 2.28. The first-order valence-corrected chi connectivity index (χ1v) is 6.59. The summed E-state index contributed by atoms with van der Waals surface area (Å²) in [7, 11) is 1.69. The monoisotopic (exact) mass is 285 g/mol. The lowest BCUT2D eigenvalue weighted by atomic mass is 10.4. The normalized spacial score (nSPS) is 11.9. The van der Waals surface area contributed by atoms with E-state index in [4.69, 9.17) is 10.8 Å². The highest BCUT2D eigenvalue weighted by molar-refractivity contribution is 8.00. The number of carboxylic acid groups (broad SMARTS) is 1. The summed E-state index contributed by atoms with van der Waals surface area (Å²) in [4.78, 5) is 33.6. The molecule has 1 atom stereocenters. The van der Waals surface area contributed by atoms with E-state index in [0.717, 1.165) is 11.8 Å². The predicted molar refractivity (Wildman–Crippen MR) is 70.8 cm³/mol. The molecule has 7 nitrogen and oxygen atoms in total. The number of carboxylic acids is 1. The van der Waals surface area contributed by atoms with Gasteiger partial charge in [0.25, 0.3) is 5.91 Å². The van der Waals surface area contributed by atoms with Crippen LogP contribution in [-0.4, -0.2) is 45.0 Å². The SMILES string of the molecule is Cn1cccc1C(=O)NC(=O)CSC[C@@H](N)C(=O)O. The Balaban J connectivity index is 2.34. The molecule has 0 radical (unpaired) electrons. The van der Waals surface area contributed by atoms with Crippen LogP contribution in [0.15, 0.2) is 18.3 Å². The van der Waals surface area contributed by atoms with Crippen LogP contribution in [-0.2, 0) is 16.6 Å². The van der Waals surface area contributed by atoms with E-state index in [0.29, 0.717) is 5.69 Å². The fourth-order valence-electron chi connectivity index (χ4n) is 1.27. The average Bonchev–Trinajstić information content (AvgIpc) is 2.75. The molecule has 0 aliphatic heterocycles. The molecule has 104 valence electrons. The van der Waals surface area contributed by atoms with E-state index in [-0.39, 0.29) is 11.5 Å². The molecule has 19 heavy (non-hydrogen) atoms. The molecule has 1 heterocycles. The molecule has 0 saturated carbocycles. The maximum atomic E-state index is 11.7. The summed E-state index contributed by atoms with van der Waals surface area (Å²) >= 11 is 1.06. The number of thioether (sulfide) groups is 1. The Bertz CT molecular complexity index is 486. The first-order chi connectivity index (χ1) is 8.91. The molecule has 0 unspecified atom stereocenters. The van der Waals surface area contributed by atoms with E-state index in [1.165, 1.54) is 0 Å². The van der Waals surface area contributed by atoms with Crippen LogP contribution in [0, 0.1) is 0 Å². The number of rotatable bonds is 6. The quantitative estimate of drug-likeness (QED) is 0.644. The Morgan fingerprint density at radius 1 is 1.53 bits per heavy atom. The van der Waals surface area contributed by atoms with Crippen molar-refractivity contribution >= 4 is 29.5 Å². The zero-order valence-corrected chi connectivity index (χ0v) is 11.1. The van der Waals surface area contributed by atoms with Crippen molar-refractivity contribution in [1.82, 2.24) is 9.88 Å². The lowest BCUT2D eigenvalue weighted by Crippen LogP contribution is -2.35. The molecule has 0 saturated heterocycles. The standard InChI is InChI=1S/C11H15N3O4S/c1-14-4-2-3-8(14)10(16)13-9(15)6-19-5-7(12)11(17)18/h2-4,7H,5-6,12H2,1H3,(H,17,18)(H,13,15,16)/t7-/m1/s1. The van der Waals surface area contributed by atoms with E-state index in [9.17, 15) is 14.4 Å². The number of imide groups is 1. The molecule has 8 heteroatoms. The van der Waals surface area contributed by atoms with Gasteiger partial charge in [0.15, 0.2) is 0 Å². The van der Waals surface area contributed by atoms with Gasteiger partial charge in [0, 0.05) is 19.0 Å². The fraction of sp³-hybridized carbons (Fsp3) is 0.364. The van der Waals surface area contributed by atoms with Gasteiger partial charge in [-0.15, -0.1) is 11.8 Å². The topological polar surface area (TPSA) is 114 Å². The number of aromatic nitrogens is 1. The van der Waals surface area contributed by atoms with Crippen LogP contribution in [0.2, 0.25) is 0 Å². The van der Waals surface area contributed by atoms with Gasteiger partial charge in [-0.2, -0.15) is 0 Å². The van der Waals surface area contributed by atoms with Gasteiger partial charge in [-0.3, -0.25) is 19.7 Å². The lowest BCUT2D eigenvalue weighted by Gasteiger charge is -2.07. The number of nitrogens with zero attached hydrogens (tertiary/aromatic N) is 1. The molecular formula is C11H15N3O4S. The summed E-state index contributed by atoms with van der Waals surface area (Å²) < 4.78 is 1.59. The van der Waals surface area contributed by atoms with Gasteiger partial charge >= 0.3 is 5.97 Å². The second-order valence-electron chi connectivity index (χ2n) is 3.84. The first-order valence-electron chi connectivity index (χ1n) is 5.43. The van der Waals surface area contributed by atoms with Crippen LogP contribution in [0.5, 0.6) is 0 Å². The number of carbonyl (C=O) groups excluding carboxylic acids is 2. The van der Waals surface area contributed by atoms with Crippen LogP contribution in [0.3, 0.4) is 0 Å². The smallest absolute Gasteiger partial charge is 0.321 e. The molecule has 0 bridgehead atoms. The van der Waals surface area contributed by atoms with Crippen molar-refractivity contribution in [2.75, 3.05) is 11.5 Å². The number of carbonyl (C=O) groups is 3. The third kappa shape index (κ3) is 4.76. The molecule has 1 aromatic heterocycles. The van der Waals surface area contributed by atoms with Crippen molar-refractivity contribution in [2.24, 2.45) is 12.8 Å². The summed E-state index contributed by atoms with van der Waals surface area (Å²) in [5, 5.41) is 10.8. The number of amides is 2. The Morgan fingerprint density at radius 2 is 2.21 bits per heavy atom. The number of aliphatic carboxylic acids is 1. The zero-order valence-electron chi connectivity index (χ0n) is 10.3. The molecule has 1 aromatic rings. The highest BCUT2D eigenvalue weighted by Crippen LogP contribution is 2.03. The van der Waals surface area contributed by atoms with Crippen molar-refractivity contribution in [3.8, 4) is 0 Å². The van der Waals surface area contributed by atoms with Gasteiger partial charge in [-0.1, -0.05) is 0 Å². The zero-order chi connectivity index (χ0) is 14.4. The maximum Gasteiger partial charge on any atom is 0.321 e. The molecule has 0 fully saturated rings. The fourth-order valence-corrected chi connectivity index (χ4v) is 2.05. The van der Waals surface area contributed by atoms with Crippen LogP contribution in [0.1, 0.15) is 10.5 Å². The Hall–Kier alpha value is -1.80. The highest BCUT2D eigenvalue weighted by atomic mass is 32.2. The summed E-state index contributed by atoms with van der Waals surface area (Å²) in [5.41, 5.74) is 5.65. The third-order valence-corrected chi connectivity index (χ3v) is 3.34. The number of nitrogens with two attached hydrogens (primary N) is 1. The van der Waals surface area contributed by atoms with Gasteiger partial charge < -0.3 is 15.4 Å². The lowest BCUT2D eigenvalue weighted by molar-refractivity contribution is -0.138. The Labute approximate surface area is 114 Å². The van der Waals surface area contributed by atoms with E-state index in [1.54, 1.807) is 29.9 Å². The summed E-state index contributed by atoms with van der Waals surface area (Å²) in [5.74, 6) is -1.99. The average molecular weight is 285 g/mol. The van der Waals surface area contributed by atoms with E-state index < -0.39 is 23.8 Å². The predicted octanol–water partition coefficient (Wildman–Crippen LogP) is -0.573. The number of nitrogens with one attached hydrogen (secondary N) is 1. The molecular weight excluding hydrogens is 270 g/mol. The van der Waals surface area contributed by atoms with Gasteiger partial charge in [0.2, 0.25) is 5.91 Å². The third-order valence-electron chi connectivity index (χ3n) is 2.28. The maximum absolute atomic E-state index is 11.7. The minimum atomic E-state index is -1.12. The molecule has 0 aliphatic carbocycles. The van der Waals surface area contributed by atoms with Crippen molar-refractivity contribution < 1.29 is 19.5 Å². The van der Waals surface area contributed by atoms with E-state index in [2.05, 4.69) is 5.32 Å². The van der Waals surface area contributed by atoms with E-state index >= 15 is 0 Å². The molecule has 0 aliphatic rings. The number of aryl methyl sites for hydroxylation is 1. The van der Waals surface area contributed by atoms with Crippen molar-refractivity contribution in [3.05, 3.63) is 24.0 Å². The second kappa shape index (κ2) is 6.95. The second-order valence-corrected chi connectivity index (χ2v) is 4.87. The van der Waals surface area contributed by atoms with Crippen LogP contribution < -0.4 is 11.1 Å². The minimum Gasteiger partial charge on any atom is -0.480 e. The van der Waals surface area contributed by atoms with Gasteiger partial charge in [-0.05, 0) is 12.1 Å². The molecule has 0 aromatic carbocycles. The largest absolute Gasteiger partial charge is 0.480 e. The van der Waals surface area contributed by atoms with Crippen LogP contribution in [0.4, 0.5) is 0 Å². The number of hydrogen-bond donors (Lipinski definition) is 3. The Kier molecular flexibility index (Phi) is 5.58. The molecule has 1 rings (SSSR count).